The lowest BCUT2D eigenvalue weighted by atomic mass is 10.1. The topological polar surface area (TPSA) is 41.6 Å². The lowest BCUT2D eigenvalue weighted by molar-refractivity contribution is -0.130. The van der Waals surface area contributed by atoms with Crippen molar-refractivity contribution in [2.24, 2.45) is 5.92 Å². The van der Waals surface area contributed by atoms with Gasteiger partial charge in [0.15, 0.2) is 0 Å². The Kier molecular flexibility index (Phi) is 4.77. The first-order valence-electron chi connectivity index (χ1n) is 6.99. The Bertz CT molecular complexity index is 491. The highest BCUT2D eigenvalue weighted by molar-refractivity contribution is 5.84. The quantitative estimate of drug-likeness (QED) is 0.909. The number of halogens is 2. The molecule has 116 valence electrons. The largest absolute Gasteiger partial charge is 0.435 e. The van der Waals surface area contributed by atoms with Gasteiger partial charge in [-0.05, 0) is 30.5 Å². The van der Waals surface area contributed by atoms with Crippen LogP contribution in [0.25, 0.3) is 0 Å². The van der Waals surface area contributed by atoms with Crippen molar-refractivity contribution in [3.05, 3.63) is 29.8 Å². The van der Waals surface area contributed by atoms with Crippen LogP contribution in [-0.4, -0.2) is 30.0 Å². The predicted molar refractivity (Wildman–Crippen MR) is 75.0 cm³/mol. The van der Waals surface area contributed by atoms with Crippen LogP contribution >= 0.6 is 0 Å². The van der Waals surface area contributed by atoms with E-state index in [9.17, 15) is 13.6 Å². The second-order valence-electron chi connectivity index (χ2n) is 5.62. The molecule has 1 aliphatic rings. The minimum Gasteiger partial charge on any atom is -0.435 e. The van der Waals surface area contributed by atoms with Crippen molar-refractivity contribution in [3.8, 4) is 5.75 Å². The van der Waals surface area contributed by atoms with Gasteiger partial charge in [0.2, 0.25) is 5.91 Å². The number of alkyl halides is 2. The number of nitrogens with one attached hydrogen (secondary N) is 1. The number of carbonyl (C=O) groups excluding carboxylic acids is 1. The van der Waals surface area contributed by atoms with E-state index in [2.05, 4.69) is 10.1 Å². The Morgan fingerprint density at radius 2 is 1.90 bits per heavy atom. The fraction of sp³-hybridized carbons (Fsp3) is 0.533. The number of hydrogen-bond acceptors (Lipinski definition) is 3. The summed E-state index contributed by atoms with van der Waals surface area (Å²) in [6.07, 6.45) is -0.226. The Morgan fingerprint density at radius 3 is 2.43 bits per heavy atom. The molecule has 0 aromatic heterocycles. The molecule has 1 aliphatic heterocycles. The highest BCUT2D eigenvalue weighted by Gasteiger charge is 2.37. The molecule has 2 atom stereocenters. The van der Waals surface area contributed by atoms with E-state index in [1.165, 1.54) is 12.1 Å². The summed E-state index contributed by atoms with van der Waals surface area (Å²) >= 11 is 0. The van der Waals surface area contributed by atoms with Crippen LogP contribution in [0.2, 0.25) is 0 Å². The molecule has 0 bridgehead atoms. The van der Waals surface area contributed by atoms with Crippen LogP contribution in [0.4, 0.5) is 8.78 Å². The average molecular weight is 298 g/mol. The van der Waals surface area contributed by atoms with Crippen LogP contribution in [0.15, 0.2) is 24.3 Å². The Labute approximate surface area is 123 Å². The fourth-order valence-electron chi connectivity index (χ4n) is 2.47. The monoisotopic (exact) mass is 298 g/mol. The van der Waals surface area contributed by atoms with Gasteiger partial charge in [-0.25, -0.2) is 0 Å². The van der Waals surface area contributed by atoms with E-state index in [0.29, 0.717) is 12.5 Å². The Morgan fingerprint density at radius 1 is 1.29 bits per heavy atom. The van der Waals surface area contributed by atoms with Crippen molar-refractivity contribution in [3.63, 3.8) is 0 Å². The van der Waals surface area contributed by atoms with Gasteiger partial charge in [-0.2, -0.15) is 8.78 Å². The Balaban J connectivity index is 2.17. The van der Waals surface area contributed by atoms with E-state index >= 15 is 0 Å². The lowest BCUT2D eigenvalue weighted by Crippen LogP contribution is -2.33. The summed E-state index contributed by atoms with van der Waals surface area (Å²) in [5.74, 6) is 0.521. The van der Waals surface area contributed by atoms with Crippen molar-refractivity contribution in [1.82, 2.24) is 10.2 Å². The summed E-state index contributed by atoms with van der Waals surface area (Å²) in [5.41, 5.74) is 0.856. The highest BCUT2D eigenvalue weighted by Crippen LogP contribution is 2.27. The van der Waals surface area contributed by atoms with E-state index in [1.807, 2.05) is 20.8 Å². The number of hydrogen-bond donors (Lipinski definition) is 1. The molecule has 0 spiro atoms. The molecule has 0 aliphatic carbocycles. The highest BCUT2D eigenvalue weighted by atomic mass is 19.3. The molecule has 4 nitrogen and oxygen atoms in total. The third-order valence-corrected chi connectivity index (χ3v) is 3.36. The lowest BCUT2D eigenvalue weighted by Gasteiger charge is -2.26. The summed E-state index contributed by atoms with van der Waals surface area (Å²) < 4.78 is 28.6. The molecule has 2 rings (SSSR count). The number of rotatable bonds is 5. The average Bonchev–Trinajstić information content (AvgIpc) is 2.67. The predicted octanol–water partition coefficient (Wildman–Crippen LogP) is 2.76. The molecule has 1 heterocycles. The molecule has 1 fully saturated rings. The first-order valence-corrected chi connectivity index (χ1v) is 6.99. The normalized spacial score (nSPS) is 22.4. The van der Waals surface area contributed by atoms with Crippen LogP contribution in [0.3, 0.4) is 0 Å². The van der Waals surface area contributed by atoms with Gasteiger partial charge in [-0.15, -0.1) is 0 Å². The number of amides is 1. The van der Waals surface area contributed by atoms with Crippen LogP contribution in [0.5, 0.6) is 5.75 Å². The number of benzene rings is 1. The van der Waals surface area contributed by atoms with Gasteiger partial charge in [-0.3, -0.25) is 10.1 Å². The fourth-order valence-corrected chi connectivity index (χ4v) is 2.47. The molecule has 1 amide bonds. The van der Waals surface area contributed by atoms with Gasteiger partial charge in [-0.1, -0.05) is 26.0 Å². The maximum absolute atomic E-state index is 12.2. The number of carbonyl (C=O) groups is 1. The van der Waals surface area contributed by atoms with Crippen LogP contribution in [-0.2, 0) is 4.79 Å². The molecule has 2 unspecified atom stereocenters. The van der Waals surface area contributed by atoms with E-state index in [1.54, 1.807) is 17.0 Å². The van der Waals surface area contributed by atoms with Gasteiger partial charge in [0.1, 0.15) is 11.9 Å². The molecular formula is C15H20F2N2O2. The first-order chi connectivity index (χ1) is 9.88. The summed E-state index contributed by atoms with van der Waals surface area (Å²) in [6, 6.07) is 6.14. The Hall–Kier alpha value is -1.69. The molecule has 1 saturated heterocycles. The minimum absolute atomic E-state index is 0.0570. The third-order valence-electron chi connectivity index (χ3n) is 3.36. The van der Waals surface area contributed by atoms with Gasteiger partial charge in [0.25, 0.3) is 0 Å². The SMILES string of the molecule is CC(C)CN1C(=O)C(C)NC1c1ccc(OC(F)F)cc1. The van der Waals surface area contributed by atoms with E-state index in [0.717, 1.165) is 5.56 Å². The van der Waals surface area contributed by atoms with Crippen molar-refractivity contribution in [1.29, 1.82) is 0 Å². The molecule has 0 saturated carbocycles. The zero-order valence-electron chi connectivity index (χ0n) is 12.3. The zero-order chi connectivity index (χ0) is 15.6. The van der Waals surface area contributed by atoms with E-state index < -0.39 is 6.61 Å². The summed E-state index contributed by atoms with van der Waals surface area (Å²) in [5, 5.41) is 3.22. The molecule has 6 heteroatoms. The summed E-state index contributed by atoms with van der Waals surface area (Å²) in [6.45, 7) is 3.74. The first kappa shape index (κ1) is 15.7. The minimum atomic E-state index is -2.83. The maximum Gasteiger partial charge on any atom is 0.387 e. The summed E-state index contributed by atoms with van der Waals surface area (Å²) in [7, 11) is 0. The van der Waals surface area contributed by atoms with Crippen LogP contribution < -0.4 is 10.1 Å². The van der Waals surface area contributed by atoms with Crippen molar-refractivity contribution < 1.29 is 18.3 Å². The molecule has 1 N–H and O–H groups in total. The molecule has 0 radical (unpaired) electrons. The van der Waals surface area contributed by atoms with E-state index in [-0.39, 0.29) is 23.9 Å². The standard InChI is InChI=1S/C15H20F2N2O2/c1-9(2)8-19-13(18-10(3)14(19)20)11-4-6-12(7-5-11)21-15(16)17/h4-7,9-10,13,15,18H,8H2,1-3H3. The molecule has 1 aromatic carbocycles. The smallest absolute Gasteiger partial charge is 0.387 e. The number of nitrogens with zero attached hydrogens (tertiary/aromatic N) is 1. The van der Waals surface area contributed by atoms with E-state index in [4.69, 9.17) is 0 Å². The zero-order valence-corrected chi connectivity index (χ0v) is 12.3. The van der Waals surface area contributed by atoms with Crippen molar-refractivity contribution in [2.75, 3.05) is 6.54 Å². The second kappa shape index (κ2) is 6.39. The number of ether oxygens (including phenoxy) is 1. The van der Waals surface area contributed by atoms with Crippen molar-refractivity contribution in [2.45, 2.75) is 39.6 Å². The third kappa shape index (κ3) is 3.69. The van der Waals surface area contributed by atoms with Gasteiger partial charge in [0, 0.05) is 6.54 Å². The van der Waals surface area contributed by atoms with Crippen LogP contribution in [0.1, 0.15) is 32.5 Å². The maximum atomic E-state index is 12.2. The van der Waals surface area contributed by atoms with Crippen LogP contribution in [0, 0.1) is 5.92 Å². The molecule has 21 heavy (non-hydrogen) atoms. The molecule has 1 aromatic rings. The van der Waals surface area contributed by atoms with Crippen molar-refractivity contribution >= 4 is 5.91 Å². The van der Waals surface area contributed by atoms with Gasteiger partial charge < -0.3 is 9.64 Å². The molecular weight excluding hydrogens is 278 g/mol. The van der Waals surface area contributed by atoms with Gasteiger partial charge in [0.05, 0.1) is 6.04 Å². The van der Waals surface area contributed by atoms with Gasteiger partial charge >= 0.3 is 6.61 Å². The second-order valence-corrected chi connectivity index (χ2v) is 5.62. The summed E-state index contributed by atoms with van der Waals surface area (Å²) in [4.78, 5) is 14.0.